The van der Waals surface area contributed by atoms with Crippen LogP contribution < -0.4 is 4.72 Å². The van der Waals surface area contributed by atoms with Crippen molar-refractivity contribution in [1.82, 2.24) is 9.88 Å². The van der Waals surface area contributed by atoms with Gasteiger partial charge < -0.3 is 9.64 Å². The molecule has 0 bridgehead atoms. The van der Waals surface area contributed by atoms with Gasteiger partial charge in [0.25, 0.3) is 0 Å². The van der Waals surface area contributed by atoms with E-state index in [1.54, 1.807) is 10.3 Å². The summed E-state index contributed by atoms with van der Waals surface area (Å²) in [5.74, 6) is -0.0143. The summed E-state index contributed by atoms with van der Waals surface area (Å²) in [4.78, 5) is 17.8. The number of thiazole rings is 1. The molecule has 1 aromatic rings. The molecule has 1 aliphatic heterocycles. The number of morpholine rings is 1. The number of hydrogen-bond donors (Lipinski definition) is 1. The lowest BCUT2D eigenvalue weighted by Gasteiger charge is -2.26. The molecule has 106 valence electrons. The number of anilines is 1. The van der Waals surface area contributed by atoms with E-state index in [1.165, 1.54) is 11.3 Å². The summed E-state index contributed by atoms with van der Waals surface area (Å²) < 4.78 is 29.6. The molecule has 1 N–H and O–H groups in total. The van der Waals surface area contributed by atoms with Gasteiger partial charge in [-0.05, 0) is 0 Å². The molecular weight excluding hydrogens is 290 g/mol. The first-order valence-corrected chi connectivity index (χ1v) is 8.49. The summed E-state index contributed by atoms with van der Waals surface area (Å²) in [6, 6.07) is 0. The van der Waals surface area contributed by atoms with Gasteiger partial charge in [0.15, 0.2) is 5.13 Å². The van der Waals surface area contributed by atoms with Crippen molar-refractivity contribution in [3.8, 4) is 0 Å². The van der Waals surface area contributed by atoms with Crippen molar-refractivity contribution in [1.29, 1.82) is 0 Å². The minimum absolute atomic E-state index is 0.0143. The number of ether oxygens (including phenoxy) is 1. The van der Waals surface area contributed by atoms with Crippen LogP contribution in [-0.4, -0.2) is 56.8 Å². The van der Waals surface area contributed by atoms with Crippen molar-refractivity contribution in [2.75, 3.05) is 37.3 Å². The molecular formula is C10H15N3O4S2. The molecule has 0 spiro atoms. The normalized spacial score (nSPS) is 16.4. The van der Waals surface area contributed by atoms with Crippen molar-refractivity contribution < 1.29 is 17.9 Å². The van der Waals surface area contributed by atoms with Gasteiger partial charge in [-0.1, -0.05) is 0 Å². The molecule has 1 aromatic heterocycles. The summed E-state index contributed by atoms with van der Waals surface area (Å²) in [5.41, 5.74) is 0.577. The molecule has 1 amide bonds. The molecule has 1 aliphatic rings. The first-order chi connectivity index (χ1) is 8.94. The van der Waals surface area contributed by atoms with E-state index in [1.807, 2.05) is 0 Å². The number of nitrogens with zero attached hydrogens (tertiary/aromatic N) is 2. The van der Waals surface area contributed by atoms with Gasteiger partial charge in [-0.2, -0.15) is 0 Å². The van der Waals surface area contributed by atoms with E-state index in [-0.39, 0.29) is 17.5 Å². The first kappa shape index (κ1) is 14.2. The minimum atomic E-state index is -3.33. The van der Waals surface area contributed by atoms with E-state index < -0.39 is 10.0 Å². The lowest BCUT2D eigenvalue weighted by molar-refractivity contribution is -0.134. The van der Waals surface area contributed by atoms with Gasteiger partial charge in [0.1, 0.15) is 0 Å². The highest BCUT2D eigenvalue weighted by Gasteiger charge is 2.18. The minimum Gasteiger partial charge on any atom is -0.378 e. The standard InChI is InChI=1S/C10H15N3O4S2/c1-19(15,16)12-10-11-8(7-18-10)6-9(14)13-2-4-17-5-3-13/h7H,2-6H2,1H3,(H,11,12). The van der Waals surface area contributed by atoms with E-state index in [4.69, 9.17) is 4.74 Å². The van der Waals surface area contributed by atoms with Crippen molar-refractivity contribution in [3.05, 3.63) is 11.1 Å². The number of sulfonamides is 1. The predicted octanol–water partition coefficient (Wildman–Crippen LogP) is -0.0841. The largest absolute Gasteiger partial charge is 0.378 e. The van der Waals surface area contributed by atoms with Gasteiger partial charge in [-0.15, -0.1) is 11.3 Å². The fraction of sp³-hybridized carbons (Fsp3) is 0.600. The number of rotatable bonds is 4. The summed E-state index contributed by atoms with van der Waals surface area (Å²) in [6.07, 6.45) is 1.24. The maximum atomic E-state index is 12.0. The quantitative estimate of drug-likeness (QED) is 0.840. The van der Waals surface area contributed by atoms with E-state index in [9.17, 15) is 13.2 Å². The van der Waals surface area contributed by atoms with Crippen LogP contribution in [0.15, 0.2) is 5.38 Å². The Balaban J connectivity index is 1.94. The molecule has 1 saturated heterocycles. The average Bonchev–Trinajstić information content (AvgIpc) is 2.75. The second-order valence-corrected chi connectivity index (χ2v) is 6.79. The fourth-order valence-corrected chi connectivity index (χ4v) is 3.24. The molecule has 2 rings (SSSR count). The van der Waals surface area contributed by atoms with Crippen LogP contribution in [0.25, 0.3) is 0 Å². The molecule has 9 heteroatoms. The molecule has 19 heavy (non-hydrogen) atoms. The molecule has 0 atom stereocenters. The molecule has 7 nitrogen and oxygen atoms in total. The van der Waals surface area contributed by atoms with Crippen molar-refractivity contribution in [2.24, 2.45) is 0 Å². The number of hydrogen-bond acceptors (Lipinski definition) is 6. The zero-order chi connectivity index (χ0) is 13.9. The fourth-order valence-electron chi connectivity index (χ4n) is 1.67. The lowest BCUT2D eigenvalue weighted by Crippen LogP contribution is -2.41. The van der Waals surface area contributed by atoms with E-state index in [2.05, 4.69) is 9.71 Å². The van der Waals surface area contributed by atoms with Gasteiger partial charge in [-0.3, -0.25) is 9.52 Å². The second kappa shape index (κ2) is 5.85. The maximum absolute atomic E-state index is 12.0. The van der Waals surface area contributed by atoms with Gasteiger partial charge >= 0.3 is 0 Å². The number of nitrogens with one attached hydrogen (secondary N) is 1. The zero-order valence-corrected chi connectivity index (χ0v) is 12.1. The highest BCUT2D eigenvalue weighted by molar-refractivity contribution is 7.92. The number of aromatic nitrogens is 1. The van der Waals surface area contributed by atoms with Crippen LogP contribution in [0.1, 0.15) is 5.69 Å². The lowest BCUT2D eigenvalue weighted by atomic mass is 10.3. The molecule has 0 radical (unpaired) electrons. The van der Waals surface area contributed by atoms with E-state index in [0.717, 1.165) is 6.26 Å². The van der Waals surface area contributed by atoms with Gasteiger partial charge in [0.2, 0.25) is 15.9 Å². The molecule has 1 fully saturated rings. The monoisotopic (exact) mass is 305 g/mol. The molecule has 2 heterocycles. The zero-order valence-electron chi connectivity index (χ0n) is 10.5. The third kappa shape index (κ3) is 4.44. The van der Waals surface area contributed by atoms with Crippen LogP contribution in [0.5, 0.6) is 0 Å². The second-order valence-electron chi connectivity index (χ2n) is 4.19. The highest BCUT2D eigenvalue weighted by atomic mass is 32.2. The van der Waals surface area contributed by atoms with Crippen LogP contribution in [0, 0.1) is 0 Å². The van der Waals surface area contributed by atoms with Crippen molar-refractivity contribution in [3.63, 3.8) is 0 Å². The maximum Gasteiger partial charge on any atom is 0.231 e. The Morgan fingerprint density at radius 2 is 2.21 bits per heavy atom. The highest BCUT2D eigenvalue weighted by Crippen LogP contribution is 2.17. The number of carbonyl (C=O) groups excluding carboxylic acids is 1. The smallest absolute Gasteiger partial charge is 0.231 e. The molecule has 0 aliphatic carbocycles. The molecule has 0 unspecified atom stereocenters. The van der Waals surface area contributed by atoms with E-state index >= 15 is 0 Å². The Kier molecular flexibility index (Phi) is 4.38. The Morgan fingerprint density at radius 1 is 1.53 bits per heavy atom. The van der Waals surface area contributed by atoms with Crippen LogP contribution in [0.4, 0.5) is 5.13 Å². The summed E-state index contributed by atoms with van der Waals surface area (Å²) >= 11 is 1.17. The molecule has 0 aromatic carbocycles. The van der Waals surface area contributed by atoms with Crippen LogP contribution in [0.2, 0.25) is 0 Å². The van der Waals surface area contributed by atoms with Crippen LogP contribution in [0.3, 0.4) is 0 Å². The Labute approximate surface area is 115 Å². The third-order valence-electron chi connectivity index (χ3n) is 2.52. The summed E-state index contributed by atoms with van der Waals surface area (Å²) in [7, 11) is -3.33. The van der Waals surface area contributed by atoms with Crippen LogP contribution >= 0.6 is 11.3 Å². The summed E-state index contributed by atoms with van der Waals surface area (Å²) in [6.45, 7) is 2.31. The third-order valence-corrected chi connectivity index (χ3v) is 4.02. The Bertz CT molecular complexity index is 549. The molecule has 0 saturated carbocycles. The Morgan fingerprint density at radius 3 is 2.84 bits per heavy atom. The average molecular weight is 305 g/mol. The van der Waals surface area contributed by atoms with Crippen LogP contribution in [-0.2, 0) is 26.0 Å². The predicted molar refractivity (Wildman–Crippen MR) is 71.7 cm³/mol. The first-order valence-electron chi connectivity index (χ1n) is 5.72. The van der Waals surface area contributed by atoms with Gasteiger partial charge in [-0.25, -0.2) is 13.4 Å². The van der Waals surface area contributed by atoms with Gasteiger partial charge in [0.05, 0.1) is 31.6 Å². The number of carbonyl (C=O) groups is 1. The van der Waals surface area contributed by atoms with E-state index in [0.29, 0.717) is 32.0 Å². The SMILES string of the molecule is CS(=O)(=O)Nc1nc(CC(=O)N2CCOCC2)cs1. The topological polar surface area (TPSA) is 88.6 Å². The summed E-state index contributed by atoms with van der Waals surface area (Å²) in [5, 5.41) is 1.97. The van der Waals surface area contributed by atoms with Crippen molar-refractivity contribution in [2.45, 2.75) is 6.42 Å². The van der Waals surface area contributed by atoms with Crippen molar-refractivity contribution >= 4 is 32.4 Å². The Hall–Kier alpha value is -1.19. The van der Waals surface area contributed by atoms with Gasteiger partial charge in [0, 0.05) is 18.5 Å². The number of amides is 1.